The molecule has 0 spiro atoms. The molecule has 0 bridgehead atoms. The zero-order valence-electron chi connectivity index (χ0n) is 15.2. The number of rotatable bonds is 5. The summed E-state index contributed by atoms with van der Waals surface area (Å²) in [6, 6.07) is 13.2. The monoisotopic (exact) mass is 425 g/mol. The SMILES string of the molecule is CC(=Cc1ccccc1)C=C1SC(=S)N(/N=C/c2cc([N+](=O)[O-])ccc2O)C1=O. The molecule has 1 amide bonds. The molecule has 1 aliphatic rings. The fraction of sp³-hybridized carbons (Fsp3) is 0.0500. The van der Waals surface area contributed by atoms with Crippen molar-refractivity contribution in [3.8, 4) is 5.75 Å². The minimum Gasteiger partial charge on any atom is -0.507 e. The zero-order chi connectivity index (χ0) is 21.0. The quantitative estimate of drug-likeness (QED) is 0.249. The number of hydrazone groups is 1. The lowest BCUT2D eigenvalue weighted by molar-refractivity contribution is -0.384. The second-order valence-corrected chi connectivity index (χ2v) is 7.71. The van der Waals surface area contributed by atoms with Gasteiger partial charge < -0.3 is 5.11 Å². The maximum Gasteiger partial charge on any atom is 0.286 e. The smallest absolute Gasteiger partial charge is 0.286 e. The summed E-state index contributed by atoms with van der Waals surface area (Å²) < 4.78 is 0.231. The molecule has 0 aliphatic carbocycles. The van der Waals surface area contributed by atoms with E-state index in [0.29, 0.717) is 4.91 Å². The maximum absolute atomic E-state index is 12.6. The Balaban J connectivity index is 1.81. The van der Waals surface area contributed by atoms with Gasteiger partial charge in [-0.05, 0) is 42.4 Å². The van der Waals surface area contributed by atoms with Gasteiger partial charge in [0.1, 0.15) is 5.75 Å². The van der Waals surface area contributed by atoms with Gasteiger partial charge in [-0.15, -0.1) is 0 Å². The average molecular weight is 425 g/mol. The van der Waals surface area contributed by atoms with Crippen LogP contribution in [0.3, 0.4) is 0 Å². The summed E-state index contributed by atoms with van der Waals surface area (Å²) in [6.45, 7) is 1.88. The molecule has 0 atom stereocenters. The second kappa shape index (κ2) is 8.80. The van der Waals surface area contributed by atoms with Crippen LogP contribution in [0.5, 0.6) is 5.75 Å². The number of nitro groups is 1. The largest absolute Gasteiger partial charge is 0.507 e. The highest BCUT2D eigenvalue weighted by atomic mass is 32.2. The Labute approximate surface area is 176 Å². The number of aromatic hydroxyl groups is 1. The van der Waals surface area contributed by atoms with Crippen molar-refractivity contribution in [3.05, 3.63) is 86.3 Å². The van der Waals surface area contributed by atoms with Crippen molar-refractivity contribution in [2.45, 2.75) is 6.92 Å². The number of amides is 1. The molecule has 1 fully saturated rings. The van der Waals surface area contributed by atoms with Gasteiger partial charge in [-0.2, -0.15) is 10.1 Å². The van der Waals surface area contributed by atoms with Gasteiger partial charge in [-0.3, -0.25) is 14.9 Å². The summed E-state index contributed by atoms with van der Waals surface area (Å²) in [7, 11) is 0. The van der Waals surface area contributed by atoms with Crippen LogP contribution in [0.15, 0.2) is 70.2 Å². The minimum atomic E-state index is -0.582. The van der Waals surface area contributed by atoms with E-state index in [-0.39, 0.29) is 21.3 Å². The van der Waals surface area contributed by atoms with Crippen LogP contribution in [0.1, 0.15) is 18.1 Å². The van der Waals surface area contributed by atoms with Crippen LogP contribution in [0, 0.1) is 10.1 Å². The van der Waals surface area contributed by atoms with E-state index in [0.717, 1.165) is 27.9 Å². The van der Waals surface area contributed by atoms with Crippen molar-refractivity contribution in [1.29, 1.82) is 0 Å². The van der Waals surface area contributed by atoms with E-state index in [4.69, 9.17) is 12.2 Å². The summed E-state index contributed by atoms with van der Waals surface area (Å²) >= 11 is 6.33. The first-order valence-corrected chi connectivity index (χ1v) is 9.60. The standard InChI is InChI=1S/C20H15N3O4S2/c1-13(9-14-5-3-2-4-6-14)10-18-19(25)22(20(28)29-18)21-12-15-11-16(23(26)27)7-8-17(15)24/h2-12,24H,1H3/b13-9?,18-10?,21-12+. The summed E-state index contributed by atoms with van der Waals surface area (Å²) in [5.74, 6) is -0.594. The first kappa shape index (κ1) is 20.4. The van der Waals surface area contributed by atoms with E-state index >= 15 is 0 Å². The molecule has 1 saturated heterocycles. The number of thiocarbonyl (C=S) groups is 1. The Morgan fingerprint density at radius 1 is 1.28 bits per heavy atom. The minimum absolute atomic E-state index is 0.109. The number of hydrogen-bond donors (Lipinski definition) is 1. The van der Waals surface area contributed by atoms with Crippen molar-refractivity contribution in [3.63, 3.8) is 0 Å². The lowest BCUT2D eigenvalue weighted by Gasteiger charge is -2.06. The fourth-order valence-corrected chi connectivity index (χ4v) is 3.72. The number of phenolic OH excluding ortho intramolecular Hbond substituents is 1. The highest BCUT2D eigenvalue weighted by Gasteiger charge is 2.32. The Kier molecular flexibility index (Phi) is 6.20. The molecule has 29 heavy (non-hydrogen) atoms. The van der Waals surface area contributed by atoms with E-state index in [1.54, 1.807) is 6.08 Å². The first-order chi connectivity index (χ1) is 13.8. The van der Waals surface area contributed by atoms with Crippen LogP contribution in [0.2, 0.25) is 0 Å². The number of benzene rings is 2. The summed E-state index contributed by atoms with van der Waals surface area (Å²) in [5.41, 5.74) is 1.79. The number of hydrogen-bond acceptors (Lipinski definition) is 7. The number of carbonyl (C=O) groups excluding carboxylic acids is 1. The topological polar surface area (TPSA) is 96.0 Å². The van der Waals surface area contributed by atoms with Crippen LogP contribution in [0.25, 0.3) is 6.08 Å². The lowest BCUT2D eigenvalue weighted by Crippen LogP contribution is -2.22. The van der Waals surface area contributed by atoms with Crippen LogP contribution in [-0.2, 0) is 4.79 Å². The number of carbonyl (C=O) groups is 1. The van der Waals surface area contributed by atoms with Crippen LogP contribution >= 0.6 is 24.0 Å². The molecule has 2 aromatic rings. The molecule has 3 rings (SSSR count). The molecule has 9 heteroatoms. The summed E-state index contributed by atoms with van der Waals surface area (Å²) in [6.07, 6.45) is 4.84. The molecule has 2 aromatic carbocycles. The van der Waals surface area contributed by atoms with E-state index in [1.165, 1.54) is 24.4 Å². The van der Waals surface area contributed by atoms with Gasteiger partial charge in [-0.1, -0.05) is 48.2 Å². The number of phenols is 1. The Hall–Kier alpha value is -3.30. The van der Waals surface area contributed by atoms with Gasteiger partial charge in [0.2, 0.25) is 0 Å². The molecular weight excluding hydrogens is 410 g/mol. The van der Waals surface area contributed by atoms with Crippen molar-refractivity contribution in [2.24, 2.45) is 5.10 Å². The first-order valence-electron chi connectivity index (χ1n) is 8.38. The third kappa shape index (κ3) is 4.95. The zero-order valence-corrected chi connectivity index (χ0v) is 16.8. The number of nitro benzene ring substituents is 1. The molecule has 0 unspecified atom stereocenters. The molecule has 0 aromatic heterocycles. The van der Waals surface area contributed by atoms with Gasteiger partial charge in [0.15, 0.2) is 4.32 Å². The predicted octanol–water partition coefficient (Wildman–Crippen LogP) is 4.48. The number of allylic oxidation sites excluding steroid dienone is 2. The molecule has 0 saturated carbocycles. The van der Waals surface area contributed by atoms with Gasteiger partial charge >= 0.3 is 0 Å². The highest BCUT2D eigenvalue weighted by molar-refractivity contribution is 8.26. The second-order valence-electron chi connectivity index (χ2n) is 6.04. The van der Waals surface area contributed by atoms with Crippen molar-refractivity contribution in [1.82, 2.24) is 5.01 Å². The fourth-order valence-electron chi connectivity index (χ4n) is 2.50. The summed E-state index contributed by atoms with van der Waals surface area (Å²) in [4.78, 5) is 23.3. The van der Waals surface area contributed by atoms with Crippen LogP contribution < -0.4 is 0 Å². The number of non-ortho nitro benzene ring substituents is 1. The van der Waals surface area contributed by atoms with Gasteiger partial charge in [0, 0.05) is 17.7 Å². The van der Waals surface area contributed by atoms with E-state index in [2.05, 4.69) is 5.10 Å². The van der Waals surface area contributed by atoms with Gasteiger partial charge in [-0.25, -0.2) is 0 Å². The molecule has 1 heterocycles. The Morgan fingerprint density at radius 3 is 2.69 bits per heavy atom. The number of thioether (sulfide) groups is 1. The molecule has 146 valence electrons. The third-order valence-corrected chi connectivity index (χ3v) is 5.14. The molecule has 7 nitrogen and oxygen atoms in total. The number of nitrogens with zero attached hydrogens (tertiary/aromatic N) is 3. The van der Waals surface area contributed by atoms with Gasteiger partial charge in [0.25, 0.3) is 11.6 Å². The van der Waals surface area contributed by atoms with Crippen LogP contribution in [-0.4, -0.2) is 31.5 Å². The maximum atomic E-state index is 12.6. The lowest BCUT2D eigenvalue weighted by atomic mass is 10.1. The van der Waals surface area contributed by atoms with Gasteiger partial charge in [0.05, 0.1) is 16.0 Å². The molecule has 0 radical (unpaired) electrons. The predicted molar refractivity (Wildman–Crippen MR) is 118 cm³/mol. The summed E-state index contributed by atoms with van der Waals surface area (Å²) in [5, 5.41) is 25.8. The third-order valence-electron chi connectivity index (χ3n) is 3.86. The highest BCUT2D eigenvalue weighted by Crippen LogP contribution is 2.32. The normalized spacial score (nSPS) is 16.2. The van der Waals surface area contributed by atoms with Crippen molar-refractivity contribution >= 4 is 52.2 Å². The Bertz CT molecular complexity index is 1080. The average Bonchev–Trinajstić information content (AvgIpc) is 2.94. The molecular formula is C20H15N3O4S2. The Morgan fingerprint density at radius 2 is 2.00 bits per heavy atom. The van der Waals surface area contributed by atoms with E-state index in [9.17, 15) is 20.0 Å². The van der Waals surface area contributed by atoms with E-state index < -0.39 is 10.8 Å². The van der Waals surface area contributed by atoms with Crippen molar-refractivity contribution < 1.29 is 14.8 Å². The molecule has 1 aliphatic heterocycles. The van der Waals surface area contributed by atoms with Crippen molar-refractivity contribution in [2.75, 3.05) is 0 Å². The van der Waals surface area contributed by atoms with Crippen LogP contribution in [0.4, 0.5) is 5.69 Å². The van der Waals surface area contributed by atoms with E-state index in [1.807, 2.05) is 43.3 Å². The molecule has 1 N–H and O–H groups in total.